The van der Waals surface area contributed by atoms with Crippen molar-refractivity contribution < 1.29 is 10.2 Å². The minimum atomic E-state index is -0.445. The number of nitrogens with one attached hydrogen (secondary N) is 2. The van der Waals surface area contributed by atoms with E-state index in [1.807, 2.05) is 94.4 Å². The van der Waals surface area contributed by atoms with Crippen LogP contribution in [0, 0.1) is 27.7 Å². The van der Waals surface area contributed by atoms with Crippen LogP contribution in [0.3, 0.4) is 0 Å². The van der Waals surface area contributed by atoms with E-state index < -0.39 is 6.01 Å². The van der Waals surface area contributed by atoms with Crippen LogP contribution in [-0.4, -0.2) is 25.2 Å². The van der Waals surface area contributed by atoms with Gasteiger partial charge in [0.2, 0.25) is 11.9 Å². The molecule has 0 fully saturated rings. The maximum atomic E-state index is 11.5. The fourth-order valence-corrected chi connectivity index (χ4v) is 5.01. The third-order valence-electron chi connectivity index (χ3n) is 7.13. The lowest BCUT2D eigenvalue weighted by Crippen LogP contribution is -2.04. The van der Waals surface area contributed by atoms with E-state index in [1.54, 1.807) is 0 Å². The lowest BCUT2D eigenvalue weighted by molar-refractivity contribution is 0.430. The third kappa shape index (κ3) is 5.27. The molecule has 0 saturated carbocycles. The van der Waals surface area contributed by atoms with E-state index in [0.29, 0.717) is 16.8 Å². The topological polar surface area (TPSA) is 128 Å². The number of phenols is 1. The molecule has 0 aliphatic heterocycles. The Hall–Kier alpha value is -5.57. The Morgan fingerprint density at radius 3 is 2.19 bits per heavy atom. The standard InChI is InChI=1S/C33H29N7O2/c1-18-9-12-24(13-10-18)34-31-36-32(38-33(42)37-31)35-27-16-19(2)15-23-17-20(3)29(30(41)28(23)27)40-39-26-14-11-22-7-5-6-8-25(22)21(26)4/h5-17,41H,1-4H3,(H3,34,35,36,37,38,42). The predicted molar refractivity (Wildman–Crippen MR) is 167 cm³/mol. The number of aryl methyl sites for hydroxylation is 4. The number of rotatable bonds is 6. The zero-order valence-electron chi connectivity index (χ0n) is 23.6. The molecule has 4 N–H and O–H groups in total. The van der Waals surface area contributed by atoms with Gasteiger partial charge in [-0.05, 0) is 90.9 Å². The fourth-order valence-electron chi connectivity index (χ4n) is 5.01. The van der Waals surface area contributed by atoms with Gasteiger partial charge in [0.05, 0.1) is 11.4 Å². The van der Waals surface area contributed by atoms with Gasteiger partial charge in [0, 0.05) is 11.1 Å². The van der Waals surface area contributed by atoms with Crippen molar-refractivity contribution in [3.05, 3.63) is 101 Å². The molecule has 0 aliphatic carbocycles. The normalized spacial score (nSPS) is 11.4. The van der Waals surface area contributed by atoms with E-state index in [1.165, 1.54) is 0 Å². The molecule has 1 heterocycles. The molecule has 0 spiro atoms. The first-order chi connectivity index (χ1) is 20.2. The van der Waals surface area contributed by atoms with Gasteiger partial charge < -0.3 is 20.8 Å². The van der Waals surface area contributed by atoms with Crippen LogP contribution in [0.1, 0.15) is 22.3 Å². The van der Waals surface area contributed by atoms with Crippen molar-refractivity contribution in [2.45, 2.75) is 27.7 Å². The number of aromatic nitrogens is 3. The van der Waals surface area contributed by atoms with Crippen molar-refractivity contribution in [2.75, 3.05) is 10.6 Å². The van der Waals surface area contributed by atoms with E-state index in [0.717, 1.165) is 49.8 Å². The summed E-state index contributed by atoms with van der Waals surface area (Å²) >= 11 is 0. The van der Waals surface area contributed by atoms with Crippen molar-refractivity contribution in [3.8, 4) is 11.8 Å². The largest absolute Gasteiger partial charge is 0.505 e. The van der Waals surface area contributed by atoms with Crippen molar-refractivity contribution in [3.63, 3.8) is 0 Å². The Kier molecular flexibility index (Phi) is 6.84. The van der Waals surface area contributed by atoms with Gasteiger partial charge in [0.15, 0.2) is 5.75 Å². The molecule has 9 nitrogen and oxygen atoms in total. The maximum absolute atomic E-state index is 11.5. The Bertz CT molecular complexity index is 2000. The summed E-state index contributed by atoms with van der Waals surface area (Å²) in [6.45, 7) is 7.87. The van der Waals surface area contributed by atoms with Crippen molar-refractivity contribution in [2.24, 2.45) is 10.2 Å². The average Bonchev–Trinajstić information content (AvgIpc) is 2.94. The number of phenolic OH excluding ortho intramolecular Hbond substituents is 1. The van der Waals surface area contributed by atoms with Gasteiger partial charge in [-0.25, -0.2) is 0 Å². The molecule has 6 rings (SSSR count). The summed E-state index contributed by atoms with van der Waals surface area (Å²) in [5.74, 6) is 0.260. The molecule has 0 atom stereocenters. The molecule has 0 bridgehead atoms. The number of hydrogen-bond donors (Lipinski definition) is 4. The monoisotopic (exact) mass is 555 g/mol. The molecule has 0 radical (unpaired) electrons. The van der Waals surface area contributed by atoms with Crippen LogP contribution < -0.4 is 10.6 Å². The number of nitrogens with zero attached hydrogens (tertiary/aromatic N) is 5. The van der Waals surface area contributed by atoms with E-state index >= 15 is 0 Å². The van der Waals surface area contributed by atoms with Crippen LogP contribution in [0.2, 0.25) is 0 Å². The first kappa shape index (κ1) is 26.6. The van der Waals surface area contributed by atoms with E-state index in [9.17, 15) is 10.2 Å². The molecule has 0 aliphatic rings. The van der Waals surface area contributed by atoms with Gasteiger partial charge in [0.25, 0.3) is 0 Å². The summed E-state index contributed by atoms with van der Waals surface area (Å²) in [4.78, 5) is 12.5. The summed E-state index contributed by atoms with van der Waals surface area (Å²) in [7, 11) is 0. The Morgan fingerprint density at radius 2 is 1.40 bits per heavy atom. The minimum Gasteiger partial charge on any atom is -0.505 e. The summed E-state index contributed by atoms with van der Waals surface area (Å²) in [6, 6.07) is 25.2. The van der Waals surface area contributed by atoms with Gasteiger partial charge in [0.1, 0.15) is 5.69 Å². The second kappa shape index (κ2) is 10.8. The summed E-state index contributed by atoms with van der Waals surface area (Å²) in [6.07, 6.45) is 0. The molecule has 1 aromatic heterocycles. The van der Waals surface area contributed by atoms with Crippen LogP contribution in [0.5, 0.6) is 11.8 Å². The van der Waals surface area contributed by atoms with Gasteiger partial charge >= 0.3 is 6.01 Å². The first-order valence-electron chi connectivity index (χ1n) is 13.5. The number of aromatic hydroxyl groups is 2. The summed E-state index contributed by atoms with van der Waals surface area (Å²) in [5, 5.41) is 40.6. The number of anilines is 4. The minimum absolute atomic E-state index is 0.0222. The van der Waals surface area contributed by atoms with Crippen molar-refractivity contribution in [1.29, 1.82) is 0 Å². The highest BCUT2D eigenvalue weighted by atomic mass is 16.3. The second-order valence-electron chi connectivity index (χ2n) is 10.3. The number of fused-ring (bicyclic) bond motifs is 2. The molecule has 0 amide bonds. The molecular weight excluding hydrogens is 526 g/mol. The van der Waals surface area contributed by atoms with Gasteiger partial charge in [-0.2, -0.15) is 20.1 Å². The van der Waals surface area contributed by atoms with E-state index in [-0.39, 0.29) is 17.6 Å². The lowest BCUT2D eigenvalue weighted by Gasteiger charge is -2.15. The quantitative estimate of drug-likeness (QED) is 0.151. The second-order valence-corrected chi connectivity index (χ2v) is 10.3. The molecule has 9 heteroatoms. The van der Waals surface area contributed by atoms with Gasteiger partial charge in [-0.1, -0.05) is 54.1 Å². The molecule has 5 aromatic carbocycles. The lowest BCUT2D eigenvalue weighted by atomic mass is 10.0. The first-order valence-corrected chi connectivity index (χ1v) is 13.5. The third-order valence-corrected chi connectivity index (χ3v) is 7.13. The molecule has 208 valence electrons. The molecule has 0 saturated heterocycles. The number of benzene rings is 5. The van der Waals surface area contributed by atoms with Gasteiger partial charge in [-0.3, -0.25) is 0 Å². The molecular formula is C33H29N7O2. The number of hydrogen-bond acceptors (Lipinski definition) is 9. The highest BCUT2D eigenvalue weighted by Gasteiger charge is 2.17. The zero-order chi connectivity index (χ0) is 29.4. The van der Waals surface area contributed by atoms with Crippen LogP contribution in [0.15, 0.2) is 89.1 Å². The molecule has 42 heavy (non-hydrogen) atoms. The fraction of sp³-hybridized carbons (Fsp3) is 0.121. The Labute approximate surface area is 242 Å². The van der Waals surface area contributed by atoms with Crippen molar-refractivity contribution >= 4 is 56.2 Å². The Balaban J connectivity index is 1.38. The highest BCUT2D eigenvalue weighted by Crippen LogP contribution is 2.43. The van der Waals surface area contributed by atoms with Crippen LogP contribution in [0.25, 0.3) is 21.5 Å². The maximum Gasteiger partial charge on any atom is 0.320 e. The summed E-state index contributed by atoms with van der Waals surface area (Å²) < 4.78 is 0. The average molecular weight is 556 g/mol. The molecule has 0 unspecified atom stereocenters. The SMILES string of the molecule is Cc1ccc(Nc2nc(O)nc(Nc3cc(C)cc4cc(C)c(N=Nc5ccc6ccccc6c5C)c(O)c34)n2)cc1. The summed E-state index contributed by atoms with van der Waals surface area (Å²) in [5.41, 5.74) is 6.27. The highest BCUT2D eigenvalue weighted by molar-refractivity contribution is 6.03. The predicted octanol–water partition coefficient (Wildman–Crippen LogP) is 8.73. The van der Waals surface area contributed by atoms with Crippen LogP contribution >= 0.6 is 0 Å². The van der Waals surface area contributed by atoms with Crippen LogP contribution in [-0.2, 0) is 0 Å². The van der Waals surface area contributed by atoms with Gasteiger partial charge in [-0.15, -0.1) is 5.11 Å². The van der Waals surface area contributed by atoms with Crippen LogP contribution in [0.4, 0.5) is 34.6 Å². The van der Waals surface area contributed by atoms with E-state index in [2.05, 4.69) is 47.9 Å². The molecule has 6 aromatic rings. The zero-order valence-corrected chi connectivity index (χ0v) is 23.6. The number of azo groups is 1. The Morgan fingerprint density at radius 1 is 0.667 bits per heavy atom. The smallest absolute Gasteiger partial charge is 0.320 e. The van der Waals surface area contributed by atoms with Crippen molar-refractivity contribution in [1.82, 2.24) is 15.0 Å². The van der Waals surface area contributed by atoms with E-state index in [4.69, 9.17) is 0 Å².